The zero-order chi connectivity index (χ0) is 17.5. The Labute approximate surface area is 144 Å². The van der Waals surface area contributed by atoms with Crippen LogP contribution in [0, 0.1) is 0 Å². The maximum Gasteiger partial charge on any atom is 0.255 e. The fourth-order valence-electron chi connectivity index (χ4n) is 2.17. The number of ether oxygens (including phenoxy) is 2. The van der Waals surface area contributed by atoms with E-state index in [2.05, 4.69) is 20.4 Å². The number of benzene rings is 1. The number of aromatic nitrogens is 4. The molecular formula is C17H17N5O3. The van der Waals surface area contributed by atoms with Crippen LogP contribution in [0.15, 0.2) is 55.2 Å². The highest BCUT2D eigenvalue weighted by atomic mass is 16.5. The Hall–Kier alpha value is -3.42. The summed E-state index contributed by atoms with van der Waals surface area (Å²) in [5.74, 6) is 1.64. The third-order valence-electron chi connectivity index (χ3n) is 3.38. The van der Waals surface area contributed by atoms with Gasteiger partial charge in [-0.05, 0) is 36.4 Å². The zero-order valence-corrected chi connectivity index (χ0v) is 13.6. The second-order valence-electron chi connectivity index (χ2n) is 4.99. The van der Waals surface area contributed by atoms with E-state index in [1.54, 1.807) is 25.4 Å². The lowest BCUT2D eigenvalue weighted by molar-refractivity contribution is 0.0946. The van der Waals surface area contributed by atoms with Gasteiger partial charge < -0.3 is 14.8 Å². The molecule has 8 nitrogen and oxygen atoms in total. The van der Waals surface area contributed by atoms with Gasteiger partial charge in [-0.3, -0.25) is 4.79 Å². The average molecular weight is 339 g/mol. The van der Waals surface area contributed by atoms with Crippen LogP contribution < -0.4 is 14.8 Å². The first-order chi connectivity index (χ1) is 12.3. The minimum atomic E-state index is -0.253. The topological polar surface area (TPSA) is 91.2 Å². The summed E-state index contributed by atoms with van der Waals surface area (Å²) >= 11 is 0. The Balaban J connectivity index is 1.54. The van der Waals surface area contributed by atoms with Crippen molar-refractivity contribution in [2.45, 2.75) is 0 Å². The number of methoxy groups -OCH3 is 1. The van der Waals surface area contributed by atoms with Crippen molar-refractivity contribution in [3.63, 3.8) is 0 Å². The van der Waals surface area contributed by atoms with E-state index in [0.29, 0.717) is 30.3 Å². The number of pyridine rings is 1. The molecule has 3 aromatic rings. The predicted molar refractivity (Wildman–Crippen MR) is 90.0 cm³/mol. The summed E-state index contributed by atoms with van der Waals surface area (Å²) in [5.41, 5.74) is 0.414. The lowest BCUT2D eigenvalue weighted by Gasteiger charge is -2.10. The van der Waals surface area contributed by atoms with Crippen LogP contribution in [-0.4, -0.2) is 45.9 Å². The highest BCUT2D eigenvalue weighted by Crippen LogP contribution is 2.16. The summed E-state index contributed by atoms with van der Waals surface area (Å²) in [5, 5.41) is 6.81. The van der Waals surface area contributed by atoms with E-state index in [1.165, 1.54) is 17.3 Å². The summed E-state index contributed by atoms with van der Waals surface area (Å²) < 4.78 is 12.1. The van der Waals surface area contributed by atoms with E-state index in [0.717, 1.165) is 5.75 Å². The summed E-state index contributed by atoms with van der Waals surface area (Å²) in [6.07, 6.45) is 4.48. The SMILES string of the molecule is COc1ccc(OCCNC(=O)c2cccnc2-n2cncn2)cc1. The minimum absolute atomic E-state index is 0.253. The van der Waals surface area contributed by atoms with Crippen molar-refractivity contribution >= 4 is 5.91 Å². The molecule has 2 aromatic heterocycles. The van der Waals surface area contributed by atoms with Crippen LogP contribution in [0.4, 0.5) is 0 Å². The third kappa shape index (κ3) is 4.11. The molecule has 0 saturated heterocycles. The van der Waals surface area contributed by atoms with E-state index < -0.39 is 0 Å². The van der Waals surface area contributed by atoms with Crippen molar-refractivity contribution in [2.24, 2.45) is 0 Å². The van der Waals surface area contributed by atoms with Gasteiger partial charge in [0.2, 0.25) is 0 Å². The number of nitrogens with zero attached hydrogens (tertiary/aromatic N) is 4. The van der Waals surface area contributed by atoms with Gasteiger partial charge in [-0.15, -0.1) is 0 Å². The van der Waals surface area contributed by atoms with Crippen LogP contribution >= 0.6 is 0 Å². The quantitative estimate of drug-likeness (QED) is 0.656. The maximum atomic E-state index is 12.4. The summed E-state index contributed by atoms with van der Waals surface area (Å²) in [7, 11) is 1.61. The van der Waals surface area contributed by atoms with Gasteiger partial charge in [0.05, 0.1) is 19.2 Å². The van der Waals surface area contributed by atoms with Crippen molar-refractivity contribution in [3.8, 4) is 17.3 Å². The second-order valence-corrected chi connectivity index (χ2v) is 4.99. The number of hydrogen-bond acceptors (Lipinski definition) is 6. The normalized spacial score (nSPS) is 10.3. The largest absolute Gasteiger partial charge is 0.497 e. The Bertz CT molecular complexity index is 819. The first-order valence-electron chi connectivity index (χ1n) is 7.63. The van der Waals surface area contributed by atoms with E-state index in [-0.39, 0.29) is 5.91 Å². The summed E-state index contributed by atoms with van der Waals surface area (Å²) in [6, 6.07) is 10.6. The molecule has 8 heteroatoms. The van der Waals surface area contributed by atoms with Gasteiger partial charge in [0.1, 0.15) is 30.8 Å². The molecular weight excluding hydrogens is 322 g/mol. The van der Waals surface area contributed by atoms with Crippen LogP contribution in [-0.2, 0) is 0 Å². The van der Waals surface area contributed by atoms with Crippen LogP contribution in [0.1, 0.15) is 10.4 Å². The van der Waals surface area contributed by atoms with Crippen molar-refractivity contribution in [3.05, 3.63) is 60.8 Å². The van der Waals surface area contributed by atoms with Gasteiger partial charge in [-0.25, -0.2) is 14.6 Å². The summed E-state index contributed by atoms with van der Waals surface area (Å²) in [4.78, 5) is 20.4. The van der Waals surface area contributed by atoms with Crippen molar-refractivity contribution in [1.29, 1.82) is 0 Å². The van der Waals surface area contributed by atoms with Crippen molar-refractivity contribution in [1.82, 2.24) is 25.1 Å². The zero-order valence-electron chi connectivity index (χ0n) is 13.6. The van der Waals surface area contributed by atoms with Crippen molar-refractivity contribution < 1.29 is 14.3 Å². The van der Waals surface area contributed by atoms with Gasteiger partial charge in [-0.1, -0.05) is 0 Å². The smallest absolute Gasteiger partial charge is 0.255 e. The first-order valence-corrected chi connectivity index (χ1v) is 7.63. The van der Waals surface area contributed by atoms with Gasteiger partial charge >= 0.3 is 0 Å². The molecule has 0 spiro atoms. The minimum Gasteiger partial charge on any atom is -0.497 e. The monoisotopic (exact) mass is 339 g/mol. The van der Waals surface area contributed by atoms with Gasteiger partial charge in [-0.2, -0.15) is 5.10 Å². The molecule has 1 N–H and O–H groups in total. The van der Waals surface area contributed by atoms with E-state index >= 15 is 0 Å². The second kappa shape index (κ2) is 7.91. The fourth-order valence-corrected chi connectivity index (χ4v) is 2.17. The molecule has 0 aliphatic rings. The predicted octanol–water partition coefficient (Wildman–Crippen LogP) is 1.48. The highest BCUT2D eigenvalue weighted by molar-refractivity contribution is 5.97. The highest BCUT2D eigenvalue weighted by Gasteiger charge is 2.13. The number of carbonyl (C=O) groups is 1. The van der Waals surface area contributed by atoms with Gasteiger partial charge in [0.15, 0.2) is 5.82 Å². The molecule has 25 heavy (non-hydrogen) atoms. The molecule has 1 amide bonds. The Morgan fingerprint density at radius 2 is 2.00 bits per heavy atom. The van der Waals surface area contributed by atoms with Crippen LogP contribution in [0.3, 0.4) is 0 Å². The van der Waals surface area contributed by atoms with E-state index in [1.807, 2.05) is 24.3 Å². The molecule has 1 aromatic carbocycles. The molecule has 0 radical (unpaired) electrons. The van der Waals surface area contributed by atoms with Crippen LogP contribution in [0.5, 0.6) is 11.5 Å². The molecule has 2 heterocycles. The number of amides is 1. The van der Waals surface area contributed by atoms with Crippen LogP contribution in [0.2, 0.25) is 0 Å². The molecule has 0 atom stereocenters. The lowest BCUT2D eigenvalue weighted by Crippen LogP contribution is -2.29. The maximum absolute atomic E-state index is 12.4. The fraction of sp³-hybridized carbons (Fsp3) is 0.176. The van der Waals surface area contributed by atoms with Crippen molar-refractivity contribution in [2.75, 3.05) is 20.3 Å². The molecule has 128 valence electrons. The molecule has 3 rings (SSSR count). The number of carbonyl (C=O) groups excluding carboxylic acids is 1. The first kappa shape index (κ1) is 16.4. The van der Waals surface area contributed by atoms with Gasteiger partial charge in [0.25, 0.3) is 5.91 Å². The van der Waals surface area contributed by atoms with E-state index in [9.17, 15) is 4.79 Å². The Morgan fingerprint density at radius 1 is 1.20 bits per heavy atom. The average Bonchev–Trinajstić information content (AvgIpc) is 3.20. The van der Waals surface area contributed by atoms with Crippen LogP contribution in [0.25, 0.3) is 5.82 Å². The Kier molecular flexibility index (Phi) is 5.20. The van der Waals surface area contributed by atoms with E-state index in [4.69, 9.17) is 9.47 Å². The molecule has 0 unspecified atom stereocenters. The third-order valence-corrected chi connectivity index (χ3v) is 3.38. The summed E-state index contributed by atoms with van der Waals surface area (Å²) in [6.45, 7) is 0.702. The number of hydrogen-bond donors (Lipinski definition) is 1. The Morgan fingerprint density at radius 3 is 2.72 bits per heavy atom. The standard InChI is InChI=1S/C17H17N5O3/c1-24-13-4-6-14(7-5-13)25-10-9-20-17(23)15-3-2-8-19-16(15)22-12-18-11-21-22/h2-8,11-12H,9-10H2,1H3,(H,20,23). The molecule has 0 bridgehead atoms. The lowest BCUT2D eigenvalue weighted by atomic mass is 10.2. The molecule has 0 saturated carbocycles. The number of nitrogens with one attached hydrogen (secondary N) is 1. The molecule has 0 aliphatic carbocycles. The number of rotatable bonds is 7. The van der Waals surface area contributed by atoms with Gasteiger partial charge in [0, 0.05) is 6.20 Å². The molecule has 0 aliphatic heterocycles. The molecule has 0 fully saturated rings.